The third-order valence-corrected chi connectivity index (χ3v) is 12.5. The fourth-order valence-electron chi connectivity index (χ4n) is 7.03. The number of aromatic amines is 2. The smallest absolute Gasteiger partial charge is 0.407 e. The molecule has 4 aromatic rings. The first-order chi connectivity index (χ1) is 30.0. The van der Waals surface area contributed by atoms with E-state index in [0.29, 0.717) is 23.9 Å². The quantitative estimate of drug-likeness (QED) is 0.124. The van der Waals surface area contributed by atoms with Crippen molar-refractivity contribution in [1.82, 2.24) is 49.0 Å². The summed E-state index contributed by atoms with van der Waals surface area (Å²) in [6, 6.07) is 12.8. The number of imidazole rings is 2. The van der Waals surface area contributed by atoms with Gasteiger partial charge < -0.3 is 39.9 Å². The van der Waals surface area contributed by atoms with Crippen LogP contribution in [0.5, 0.6) is 0 Å². The maximum absolute atomic E-state index is 14.0. The number of methoxy groups -OCH3 is 2. The highest BCUT2D eigenvalue weighted by Crippen LogP contribution is 2.29. The Hall–Kier alpha value is -6.23. The molecule has 4 N–H and O–H groups in total. The lowest BCUT2D eigenvalue weighted by atomic mass is 10.0. The summed E-state index contributed by atoms with van der Waals surface area (Å²) >= 11 is 0. The van der Waals surface area contributed by atoms with E-state index in [4.69, 9.17) is 14.5 Å². The van der Waals surface area contributed by atoms with Gasteiger partial charge in [0.1, 0.15) is 29.8 Å². The van der Waals surface area contributed by atoms with Crippen LogP contribution in [0, 0.1) is 23.7 Å². The molecule has 63 heavy (non-hydrogen) atoms. The normalized spacial score (nSPS) is 15.4. The highest BCUT2D eigenvalue weighted by molar-refractivity contribution is 7.86. The van der Waals surface area contributed by atoms with Gasteiger partial charge in [-0.25, -0.2) is 19.6 Å². The van der Waals surface area contributed by atoms with E-state index in [9.17, 15) is 27.6 Å². The standard InChI is InChI=1S/C44H58N10O8S/c1-10-21-52(41(55)38(28(2)3)49-43(57)61-8)27-37-45-24-34(47-37)32-17-13-30(14-18-32)11-12-31-15-19-33(20-16-31)35-25-46-40(48-35)36-26-53(63(59,60)51(6)7)22-23-54(36)42(56)39(29(4)5)50-44(58)62-9/h13-20,24-25,28-29,36,38-39H,10,21-23,26-27H2,1-9H3,(H,45,47)(H,46,48)(H,49,57)(H,50,58)/t36-,38-,39-/m0/s1. The zero-order chi connectivity index (χ0) is 46.0. The van der Waals surface area contributed by atoms with Gasteiger partial charge in [0, 0.05) is 63.2 Å². The van der Waals surface area contributed by atoms with Gasteiger partial charge in [0.05, 0.1) is 38.3 Å². The number of alkyl carbamates (subject to hydrolysis) is 2. The highest BCUT2D eigenvalue weighted by atomic mass is 32.2. The molecule has 0 spiro atoms. The number of benzene rings is 2. The van der Waals surface area contributed by atoms with Crippen LogP contribution in [0.2, 0.25) is 0 Å². The van der Waals surface area contributed by atoms with Crippen LogP contribution in [0.3, 0.4) is 0 Å². The molecule has 2 aromatic heterocycles. The van der Waals surface area contributed by atoms with Gasteiger partial charge >= 0.3 is 12.2 Å². The molecule has 3 heterocycles. The van der Waals surface area contributed by atoms with Crippen LogP contribution in [-0.4, -0.2) is 137 Å². The average molecular weight is 887 g/mol. The van der Waals surface area contributed by atoms with Crippen LogP contribution in [-0.2, 0) is 35.8 Å². The molecule has 5 rings (SSSR count). The van der Waals surface area contributed by atoms with Crippen LogP contribution in [0.15, 0.2) is 60.9 Å². The van der Waals surface area contributed by atoms with Gasteiger partial charge in [-0.1, -0.05) is 70.7 Å². The second-order valence-corrected chi connectivity index (χ2v) is 18.1. The maximum atomic E-state index is 14.0. The maximum Gasteiger partial charge on any atom is 0.407 e. The Morgan fingerprint density at radius 2 is 1.44 bits per heavy atom. The summed E-state index contributed by atoms with van der Waals surface area (Å²) in [6.07, 6.45) is 2.77. The predicted molar refractivity (Wildman–Crippen MR) is 237 cm³/mol. The number of ether oxygens (including phenoxy) is 2. The molecule has 1 aliphatic rings. The number of aromatic nitrogens is 4. The molecule has 0 radical (unpaired) electrons. The summed E-state index contributed by atoms with van der Waals surface area (Å²) in [7, 11) is 1.61. The first kappa shape index (κ1) is 47.8. The molecule has 1 saturated heterocycles. The molecule has 4 amide bonds. The van der Waals surface area contributed by atoms with E-state index < -0.39 is 40.5 Å². The van der Waals surface area contributed by atoms with E-state index in [1.807, 2.05) is 83.1 Å². The fraction of sp³-hybridized carbons (Fsp3) is 0.455. The van der Waals surface area contributed by atoms with Gasteiger partial charge in [-0.05, 0) is 48.1 Å². The number of amides is 4. The second-order valence-electron chi connectivity index (χ2n) is 16.0. The molecular formula is C44H58N10O8S. The van der Waals surface area contributed by atoms with Gasteiger partial charge in [0.25, 0.3) is 10.2 Å². The molecule has 19 heteroatoms. The molecule has 2 aromatic carbocycles. The van der Waals surface area contributed by atoms with Crippen LogP contribution < -0.4 is 10.6 Å². The third-order valence-electron chi connectivity index (χ3n) is 10.6. The number of rotatable bonds is 15. The van der Waals surface area contributed by atoms with Crippen LogP contribution in [0.1, 0.15) is 69.9 Å². The molecule has 1 fully saturated rings. The summed E-state index contributed by atoms with van der Waals surface area (Å²) in [5.74, 6) is 6.42. The number of carbonyl (C=O) groups is 4. The van der Waals surface area contributed by atoms with Crippen molar-refractivity contribution in [3.63, 3.8) is 0 Å². The van der Waals surface area contributed by atoms with Gasteiger partial charge in [-0.15, -0.1) is 0 Å². The number of nitrogens with one attached hydrogen (secondary N) is 4. The number of nitrogens with zero attached hydrogens (tertiary/aromatic N) is 6. The molecule has 3 atom stereocenters. The molecule has 1 aliphatic heterocycles. The monoisotopic (exact) mass is 886 g/mol. The Morgan fingerprint density at radius 1 is 0.873 bits per heavy atom. The zero-order valence-electron chi connectivity index (χ0n) is 37.3. The largest absolute Gasteiger partial charge is 0.453 e. The Balaban J connectivity index is 1.28. The van der Waals surface area contributed by atoms with E-state index >= 15 is 0 Å². The summed E-state index contributed by atoms with van der Waals surface area (Å²) in [6.45, 7) is 10.2. The van der Waals surface area contributed by atoms with Crippen LogP contribution in [0.4, 0.5) is 9.59 Å². The molecule has 18 nitrogen and oxygen atoms in total. The van der Waals surface area contributed by atoms with Gasteiger partial charge in [0.15, 0.2) is 0 Å². The van der Waals surface area contributed by atoms with Crippen LogP contribution in [0.25, 0.3) is 22.5 Å². The summed E-state index contributed by atoms with van der Waals surface area (Å²) in [5, 5.41) is 5.28. The van der Waals surface area contributed by atoms with Crippen molar-refractivity contribution in [2.24, 2.45) is 11.8 Å². The van der Waals surface area contributed by atoms with Crippen molar-refractivity contribution in [2.75, 3.05) is 54.5 Å². The van der Waals surface area contributed by atoms with E-state index in [2.05, 4.69) is 37.4 Å². The van der Waals surface area contributed by atoms with Crippen molar-refractivity contribution in [3.8, 4) is 34.4 Å². The SMILES string of the molecule is CCCN(Cc1ncc(-c2ccc(C#Cc3ccc(-c4c[nH]c([C@@H]5CN(S(=O)(=O)N(C)C)CCN5C(=O)[C@@H](NC(=O)OC)C(C)C)n4)cc3)cc2)[nH]1)C(=O)[C@@H](NC(=O)OC)C(C)C. The Labute approximate surface area is 369 Å². The highest BCUT2D eigenvalue weighted by Gasteiger charge is 2.41. The molecule has 0 unspecified atom stereocenters. The zero-order valence-corrected chi connectivity index (χ0v) is 38.1. The van der Waals surface area contributed by atoms with Gasteiger partial charge in [-0.2, -0.15) is 17.0 Å². The van der Waals surface area contributed by atoms with Gasteiger partial charge in [0.2, 0.25) is 11.8 Å². The Bertz CT molecular complexity index is 2380. The minimum atomic E-state index is -3.80. The number of hydrogen-bond acceptors (Lipinski definition) is 10. The number of piperazine rings is 1. The fourth-order valence-corrected chi connectivity index (χ4v) is 8.14. The average Bonchev–Trinajstić information content (AvgIpc) is 3.96. The summed E-state index contributed by atoms with van der Waals surface area (Å²) in [4.78, 5) is 70.5. The van der Waals surface area contributed by atoms with E-state index in [-0.39, 0.29) is 49.8 Å². The first-order valence-corrected chi connectivity index (χ1v) is 22.1. The molecular weight excluding hydrogens is 829 g/mol. The Kier molecular flexibility index (Phi) is 16.1. The predicted octanol–water partition coefficient (Wildman–Crippen LogP) is 4.36. The molecule has 0 bridgehead atoms. The van der Waals surface area contributed by atoms with Crippen molar-refractivity contribution < 1.29 is 37.1 Å². The lowest BCUT2D eigenvalue weighted by Crippen LogP contribution is -2.59. The number of carbonyl (C=O) groups excluding carboxylic acids is 4. The molecule has 0 aliphatic carbocycles. The molecule has 338 valence electrons. The lowest BCUT2D eigenvalue weighted by molar-refractivity contribution is -0.139. The van der Waals surface area contributed by atoms with Crippen molar-refractivity contribution in [3.05, 3.63) is 83.7 Å². The Morgan fingerprint density at radius 3 is 1.98 bits per heavy atom. The van der Waals surface area contributed by atoms with E-state index in [1.54, 1.807) is 22.2 Å². The van der Waals surface area contributed by atoms with Crippen LogP contribution >= 0.6 is 0 Å². The van der Waals surface area contributed by atoms with E-state index in [0.717, 1.165) is 38.7 Å². The third kappa shape index (κ3) is 11.8. The molecule has 0 saturated carbocycles. The topological polar surface area (TPSA) is 215 Å². The van der Waals surface area contributed by atoms with Crippen molar-refractivity contribution in [2.45, 2.75) is 65.7 Å². The number of hydrogen-bond donors (Lipinski definition) is 4. The first-order valence-electron chi connectivity index (χ1n) is 20.7. The van der Waals surface area contributed by atoms with Crippen molar-refractivity contribution >= 4 is 34.2 Å². The number of H-pyrrole nitrogens is 2. The van der Waals surface area contributed by atoms with E-state index in [1.165, 1.54) is 32.6 Å². The second kappa shape index (κ2) is 21.2. The van der Waals surface area contributed by atoms with Gasteiger partial charge in [-0.3, -0.25) is 9.59 Å². The lowest BCUT2D eigenvalue weighted by Gasteiger charge is -2.42. The minimum Gasteiger partial charge on any atom is -0.453 e. The van der Waals surface area contributed by atoms with Crippen molar-refractivity contribution in [1.29, 1.82) is 0 Å². The minimum absolute atomic E-state index is 0.0431. The summed E-state index contributed by atoms with van der Waals surface area (Å²) in [5.41, 5.74) is 4.63. The summed E-state index contributed by atoms with van der Waals surface area (Å²) < 4.78 is 38.3.